The monoisotopic (exact) mass is 805 g/mol. The van der Waals surface area contributed by atoms with Crippen LogP contribution >= 0.6 is 22.6 Å². The van der Waals surface area contributed by atoms with Gasteiger partial charge in [-0.15, -0.1) is 0 Å². The Hall–Kier alpha value is -3.80. The number of amides is 3. The normalized spacial score (nSPS) is 24.0. The van der Waals surface area contributed by atoms with Gasteiger partial charge >= 0.3 is 0 Å². The van der Waals surface area contributed by atoms with E-state index in [-0.39, 0.29) is 35.1 Å². The number of hydrogen-bond donors (Lipinski definition) is 3. The molecule has 1 aromatic carbocycles. The van der Waals surface area contributed by atoms with E-state index in [1.807, 2.05) is 74.6 Å². The van der Waals surface area contributed by atoms with E-state index in [1.54, 1.807) is 19.4 Å². The maximum atomic E-state index is 14.4. The number of likely N-dealkylation sites (tertiary alicyclic amines) is 1. The van der Waals surface area contributed by atoms with Gasteiger partial charge in [-0.3, -0.25) is 19.1 Å². The minimum absolute atomic E-state index is 0.0622. The molecule has 14 nitrogen and oxygen atoms in total. The summed E-state index contributed by atoms with van der Waals surface area (Å²) in [5.74, 6) is -0.602. The third-order valence-electron chi connectivity index (χ3n) is 9.09. The molecule has 1 aliphatic heterocycles. The molecule has 49 heavy (non-hydrogen) atoms. The molecule has 2 aromatic heterocycles. The number of carbonyl (C=O) groups is 3. The highest BCUT2D eigenvalue weighted by Gasteiger charge is 2.62. The Kier molecular flexibility index (Phi) is 9.65. The molecule has 6 rings (SSSR count). The van der Waals surface area contributed by atoms with Gasteiger partial charge in [0.25, 0.3) is 5.91 Å². The number of pyridine rings is 1. The van der Waals surface area contributed by atoms with Crippen LogP contribution in [0.3, 0.4) is 0 Å². The predicted octanol–water partition coefficient (Wildman–Crippen LogP) is 2.81. The molecule has 3 heterocycles. The molecule has 1 unspecified atom stereocenters. The van der Waals surface area contributed by atoms with Gasteiger partial charge in [-0.25, -0.2) is 23.4 Å². The van der Waals surface area contributed by atoms with Crippen LogP contribution in [0.5, 0.6) is 11.6 Å². The van der Waals surface area contributed by atoms with E-state index in [0.29, 0.717) is 30.4 Å². The van der Waals surface area contributed by atoms with Crippen molar-refractivity contribution in [3.05, 3.63) is 47.9 Å². The summed E-state index contributed by atoms with van der Waals surface area (Å²) in [7, 11) is -2.24. The Morgan fingerprint density at radius 2 is 1.78 bits per heavy atom. The van der Waals surface area contributed by atoms with Crippen LogP contribution in [0.4, 0.5) is 5.95 Å². The average Bonchev–Trinajstić information content (AvgIpc) is 3.96. The summed E-state index contributed by atoms with van der Waals surface area (Å²) in [5.41, 5.74) is 0.0656. The smallest absolute Gasteiger partial charge is 0.260 e. The third-order valence-corrected chi connectivity index (χ3v) is 12.4. The first-order valence-electron chi connectivity index (χ1n) is 16.2. The summed E-state index contributed by atoms with van der Waals surface area (Å²) in [6.45, 7) is 7.51. The van der Waals surface area contributed by atoms with Crippen LogP contribution in [0.2, 0.25) is 0 Å². The van der Waals surface area contributed by atoms with Crippen molar-refractivity contribution in [1.29, 1.82) is 0 Å². The second kappa shape index (κ2) is 13.5. The van der Waals surface area contributed by atoms with E-state index in [1.165, 1.54) is 4.90 Å². The molecule has 3 aliphatic rings. The van der Waals surface area contributed by atoms with Gasteiger partial charge < -0.3 is 25.0 Å². The fourth-order valence-electron chi connectivity index (χ4n) is 6.13. The van der Waals surface area contributed by atoms with E-state index in [9.17, 15) is 22.8 Å². The van der Waals surface area contributed by atoms with E-state index in [0.717, 1.165) is 22.2 Å². The number of fused-ring (bicyclic) bond motifs is 1. The molecule has 0 radical (unpaired) electrons. The minimum Gasteiger partial charge on any atom is -0.497 e. The van der Waals surface area contributed by atoms with Crippen LogP contribution in [0.25, 0.3) is 10.8 Å². The fraction of sp³-hybridized carbons (Fsp3) is 0.515. The van der Waals surface area contributed by atoms with E-state index in [2.05, 4.69) is 30.3 Å². The zero-order valence-electron chi connectivity index (χ0n) is 27.9. The van der Waals surface area contributed by atoms with E-state index < -0.39 is 50.8 Å². The van der Waals surface area contributed by atoms with Crippen molar-refractivity contribution in [3.8, 4) is 11.6 Å². The van der Waals surface area contributed by atoms with Crippen molar-refractivity contribution in [1.82, 2.24) is 29.9 Å². The molecular weight excluding hydrogens is 765 g/mol. The standard InChI is InChI=1S/C33H40IN7O7S/c1-17(2)27(38-32-36-18(3)12-19(4)37-32)30(43)41-16-22(48-29-24-9-6-21(47-5)13-20(24)10-11-35-29)14-25(41)28(42)39-33(15-26(33)34)31(44)40-49(45,46)23-7-8-23/h6,9-13,17,22-23,25-27H,7-8,14-16H2,1-5H3,(H,39,42)(H,40,44)(H,36,37,38)/t22-,25+,26-,27?,33-/m1/s1. The number of methoxy groups -OCH3 is 1. The number of carbonyl (C=O) groups excluding carboxylic acids is 3. The highest BCUT2D eigenvalue weighted by Crippen LogP contribution is 2.44. The lowest BCUT2D eigenvalue weighted by atomic mass is 10.0. The van der Waals surface area contributed by atoms with Crippen LogP contribution in [-0.2, 0) is 24.4 Å². The quantitative estimate of drug-likeness (QED) is 0.181. The lowest BCUT2D eigenvalue weighted by molar-refractivity contribution is -0.140. The van der Waals surface area contributed by atoms with Crippen LogP contribution in [0.15, 0.2) is 36.5 Å². The lowest BCUT2D eigenvalue weighted by Gasteiger charge is -2.31. The lowest BCUT2D eigenvalue weighted by Crippen LogP contribution is -2.58. The summed E-state index contributed by atoms with van der Waals surface area (Å²) in [5, 5.41) is 7.01. The molecule has 2 aliphatic carbocycles. The van der Waals surface area contributed by atoms with Crippen LogP contribution in [-0.4, -0.2) is 92.5 Å². The van der Waals surface area contributed by atoms with Crippen molar-refractivity contribution in [3.63, 3.8) is 0 Å². The highest BCUT2D eigenvalue weighted by molar-refractivity contribution is 14.1. The zero-order valence-corrected chi connectivity index (χ0v) is 30.9. The first-order chi connectivity index (χ1) is 23.2. The fourth-order valence-corrected chi connectivity index (χ4v) is 8.63. The Balaban J connectivity index is 1.28. The number of ether oxygens (including phenoxy) is 2. The molecule has 262 valence electrons. The molecule has 3 aromatic rings. The molecule has 2 saturated carbocycles. The number of nitrogens with one attached hydrogen (secondary N) is 3. The topological polar surface area (TPSA) is 182 Å². The molecule has 3 fully saturated rings. The Labute approximate surface area is 298 Å². The van der Waals surface area contributed by atoms with Gasteiger partial charge in [0.15, 0.2) is 0 Å². The zero-order chi connectivity index (χ0) is 35.2. The van der Waals surface area contributed by atoms with E-state index >= 15 is 0 Å². The summed E-state index contributed by atoms with van der Waals surface area (Å²) in [6.07, 6.45) is 2.35. The number of sulfonamides is 1. The molecular formula is C33H40IN7O7S. The number of aromatic nitrogens is 3. The number of nitrogens with zero attached hydrogens (tertiary/aromatic N) is 4. The van der Waals surface area contributed by atoms with Gasteiger partial charge in [0, 0.05) is 33.3 Å². The SMILES string of the molecule is COc1ccc2c(O[C@@H]3C[C@@H](C(=O)N[C@]4(C(=O)NS(=O)(=O)C5CC5)C[C@H]4I)N(C(=O)C(Nc4nc(C)cc(C)n4)C(C)C)C3)nccc2c1. The number of rotatable bonds is 12. The first kappa shape index (κ1) is 35.0. The average molecular weight is 806 g/mol. The van der Waals surface area contributed by atoms with Crippen LogP contribution in [0.1, 0.15) is 50.9 Å². The second-order valence-corrected chi connectivity index (χ2v) is 16.8. The maximum Gasteiger partial charge on any atom is 0.260 e. The number of benzene rings is 1. The number of alkyl halides is 1. The predicted molar refractivity (Wildman–Crippen MR) is 190 cm³/mol. The molecule has 16 heteroatoms. The molecule has 1 saturated heterocycles. The van der Waals surface area contributed by atoms with Crippen molar-refractivity contribution >= 4 is 67.1 Å². The minimum atomic E-state index is -3.83. The van der Waals surface area contributed by atoms with Crippen LogP contribution < -0.4 is 24.8 Å². The maximum absolute atomic E-state index is 14.4. The second-order valence-electron chi connectivity index (χ2n) is 13.3. The Morgan fingerprint density at radius 1 is 1.08 bits per heavy atom. The van der Waals surface area contributed by atoms with Crippen molar-refractivity contribution in [2.75, 3.05) is 19.0 Å². The molecule has 3 N–H and O–H groups in total. The van der Waals surface area contributed by atoms with Gasteiger partial charge in [0.2, 0.25) is 33.7 Å². The summed E-state index contributed by atoms with van der Waals surface area (Å²) in [4.78, 5) is 56.7. The largest absolute Gasteiger partial charge is 0.497 e. The van der Waals surface area contributed by atoms with Crippen molar-refractivity contribution in [2.24, 2.45) is 5.92 Å². The highest BCUT2D eigenvalue weighted by atomic mass is 127. The van der Waals surface area contributed by atoms with Gasteiger partial charge in [0.05, 0.1) is 18.9 Å². The summed E-state index contributed by atoms with van der Waals surface area (Å²) < 4.78 is 38.8. The number of halogens is 1. The van der Waals surface area contributed by atoms with E-state index in [4.69, 9.17) is 9.47 Å². The summed E-state index contributed by atoms with van der Waals surface area (Å²) in [6, 6.07) is 7.36. The number of hydrogen-bond acceptors (Lipinski definition) is 11. The molecule has 5 atom stereocenters. The van der Waals surface area contributed by atoms with Crippen molar-refractivity contribution < 1.29 is 32.3 Å². The summed E-state index contributed by atoms with van der Waals surface area (Å²) >= 11 is 2.04. The third kappa shape index (κ3) is 7.39. The molecule has 0 spiro atoms. The van der Waals surface area contributed by atoms with Crippen LogP contribution in [0, 0.1) is 19.8 Å². The Morgan fingerprint density at radius 3 is 2.39 bits per heavy atom. The molecule has 3 amide bonds. The first-order valence-corrected chi connectivity index (χ1v) is 19.0. The Bertz CT molecular complexity index is 1890. The molecule has 0 bridgehead atoms. The number of anilines is 1. The van der Waals surface area contributed by atoms with Gasteiger partial charge in [0.1, 0.15) is 29.5 Å². The van der Waals surface area contributed by atoms with Gasteiger partial charge in [-0.1, -0.05) is 36.4 Å². The van der Waals surface area contributed by atoms with Gasteiger partial charge in [-0.05, 0) is 74.7 Å². The van der Waals surface area contributed by atoms with Gasteiger partial charge in [-0.2, -0.15) is 0 Å². The van der Waals surface area contributed by atoms with Crippen molar-refractivity contribution in [2.45, 2.75) is 86.3 Å². The number of aryl methyl sites for hydroxylation is 2.